The van der Waals surface area contributed by atoms with Crippen LogP contribution < -0.4 is 5.32 Å². The molecule has 4 rings (SSSR count). The van der Waals surface area contributed by atoms with Crippen molar-refractivity contribution in [2.45, 2.75) is 45.7 Å². The number of pyridine rings is 1. The fourth-order valence-electron chi connectivity index (χ4n) is 4.45. The Bertz CT molecular complexity index is 1210. The zero-order valence-electron chi connectivity index (χ0n) is 18.8. The number of nitrogens with one attached hydrogen (secondary N) is 1. The van der Waals surface area contributed by atoms with E-state index in [0.29, 0.717) is 36.0 Å². The summed E-state index contributed by atoms with van der Waals surface area (Å²) in [5, 5.41) is 13.9. The van der Waals surface area contributed by atoms with Crippen LogP contribution in [0.2, 0.25) is 5.02 Å². The number of benzene rings is 1. The molecule has 2 N–H and O–H groups in total. The van der Waals surface area contributed by atoms with Crippen LogP contribution in [0.3, 0.4) is 0 Å². The van der Waals surface area contributed by atoms with Crippen molar-refractivity contribution in [2.75, 3.05) is 11.9 Å². The summed E-state index contributed by atoms with van der Waals surface area (Å²) in [5.41, 5.74) is -0.610. The van der Waals surface area contributed by atoms with Gasteiger partial charge in [-0.3, -0.25) is 9.69 Å². The highest BCUT2D eigenvalue weighted by Gasteiger charge is 2.45. The van der Waals surface area contributed by atoms with Crippen molar-refractivity contribution in [3.05, 3.63) is 69.3 Å². The Morgan fingerprint density at radius 3 is 2.82 bits per heavy atom. The van der Waals surface area contributed by atoms with Gasteiger partial charge in [0.25, 0.3) is 0 Å². The first-order valence-corrected chi connectivity index (χ1v) is 12.1. The second-order valence-corrected chi connectivity index (χ2v) is 10.4. The molecule has 10 heteroatoms. The predicted octanol–water partition coefficient (Wildman–Crippen LogP) is 5.82. The van der Waals surface area contributed by atoms with Crippen LogP contribution in [0.5, 0.6) is 0 Å². The number of hydrogen-bond donors (Lipinski definition) is 2. The molecule has 180 valence electrons. The van der Waals surface area contributed by atoms with Crippen LogP contribution in [-0.4, -0.2) is 38.5 Å². The van der Waals surface area contributed by atoms with Gasteiger partial charge >= 0.3 is 5.97 Å². The number of likely N-dealkylation sites (tertiary alicyclic amines) is 1. The van der Waals surface area contributed by atoms with Crippen LogP contribution in [-0.2, 0) is 17.8 Å². The minimum Gasteiger partial charge on any atom is -0.481 e. The molecular formula is C24H25ClF2N4O2S. The van der Waals surface area contributed by atoms with E-state index in [1.165, 1.54) is 29.5 Å². The van der Waals surface area contributed by atoms with Gasteiger partial charge in [-0.2, -0.15) is 0 Å². The average molecular weight is 507 g/mol. The van der Waals surface area contributed by atoms with E-state index in [4.69, 9.17) is 11.6 Å². The molecule has 2 aromatic heterocycles. The normalized spacial score (nSPS) is 20.9. The molecule has 1 aliphatic heterocycles. The van der Waals surface area contributed by atoms with Crippen LogP contribution in [0.4, 0.5) is 19.7 Å². The number of carbonyl (C=O) groups is 1. The largest absolute Gasteiger partial charge is 0.481 e. The van der Waals surface area contributed by atoms with Crippen molar-refractivity contribution < 1.29 is 18.7 Å². The highest BCUT2D eigenvalue weighted by molar-refractivity contribution is 7.15. The third kappa shape index (κ3) is 5.21. The molecule has 1 fully saturated rings. The highest BCUT2D eigenvalue weighted by atomic mass is 35.5. The molecule has 1 saturated heterocycles. The summed E-state index contributed by atoms with van der Waals surface area (Å²) in [7, 11) is 0. The van der Waals surface area contributed by atoms with Crippen LogP contribution in [0, 0.1) is 24.0 Å². The fourth-order valence-corrected chi connectivity index (χ4v) is 5.32. The molecule has 0 bridgehead atoms. The van der Waals surface area contributed by atoms with Gasteiger partial charge in [0, 0.05) is 35.6 Å². The molecular weight excluding hydrogens is 482 g/mol. The number of anilines is 2. The van der Waals surface area contributed by atoms with Crippen LogP contribution in [0.15, 0.2) is 36.5 Å². The van der Waals surface area contributed by atoms with Gasteiger partial charge in [0.2, 0.25) is 0 Å². The lowest BCUT2D eigenvalue weighted by Crippen LogP contribution is -2.50. The maximum atomic E-state index is 14.7. The van der Waals surface area contributed by atoms with Gasteiger partial charge < -0.3 is 10.4 Å². The minimum atomic E-state index is -1.17. The lowest BCUT2D eigenvalue weighted by atomic mass is 9.72. The Labute approximate surface area is 205 Å². The SMILES string of the molecule is Cc1cnc(Nc2ccc(F)c(CC3(C(=O)O)CCN(Cc4cccc(Cl)c4F)C(C)C3)n2)s1. The van der Waals surface area contributed by atoms with Gasteiger partial charge in [0.15, 0.2) is 5.13 Å². The highest BCUT2D eigenvalue weighted by Crippen LogP contribution is 2.39. The molecule has 34 heavy (non-hydrogen) atoms. The molecule has 6 nitrogen and oxygen atoms in total. The summed E-state index contributed by atoms with van der Waals surface area (Å²) < 4.78 is 29.1. The number of aryl methyl sites for hydroxylation is 1. The van der Waals surface area contributed by atoms with E-state index >= 15 is 0 Å². The fraction of sp³-hybridized carbons (Fsp3) is 0.375. The van der Waals surface area contributed by atoms with Crippen molar-refractivity contribution in [3.63, 3.8) is 0 Å². The van der Waals surface area contributed by atoms with Gasteiger partial charge in [-0.1, -0.05) is 23.7 Å². The lowest BCUT2D eigenvalue weighted by molar-refractivity contribution is -0.153. The second kappa shape index (κ2) is 9.93. The van der Waals surface area contributed by atoms with Crippen LogP contribution in [0.25, 0.3) is 0 Å². The summed E-state index contributed by atoms with van der Waals surface area (Å²) in [6.45, 7) is 4.59. The molecule has 0 spiro atoms. The molecule has 0 radical (unpaired) electrons. The number of halogens is 3. The summed E-state index contributed by atoms with van der Waals surface area (Å²) in [6.07, 6.45) is 2.26. The van der Waals surface area contributed by atoms with Crippen molar-refractivity contribution in [1.29, 1.82) is 0 Å². The van der Waals surface area contributed by atoms with E-state index in [1.54, 1.807) is 18.3 Å². The molecule has 2 atom stereocenters. The number of aromatic nitrogens is 2. The van der Waals surface area contributed by atoms with Gasteiger partial charge in [-0.05, 0) is 51.4 Å². The lowest BCUT2D eigenvalue weighted by Gasteiger charge is -2.43. The Hall–Kier alpha value is -2.62. The van der Waals surface area contributed by atoms with Crippen molar-refractivity contribution in [3.8, 4) is 0 Å². The Kier molecular flexibility index (Phi) is 7.16. The summed E-state index contributed by atoms with van der Waals surface area (Å²) in [6, 6.07) is 7.50. The number of carboxylic acids is 1. The van der Waals surface area contributed by atoms with E-state index < -0.39 is 23.0 Å². The van der Waals surface area contributed by atoms with Crippen LogP contribution in [0.1, 0.15) is 35.9 Å². The first kappa shape index (κ1) is 24.5. The quantitative estimate of drug-likeness (QED) is 0.420. The van der Waals surface area contributed by atoms with Gasteiger partial charge in [-0.15, -0.1) is 11.3 Å². The number of nitrogens with zero attached hydrogens (tertiary/aromatic N) is 3. The Morgan fingerprint density at radius 2 is 2.15 bits per heavy atom. The van der Waals surface area contributed by atoms with Gasteiger partial charge in [-0.25, -0.2) is 18.7 Å². The second-order valence-electron chi connectivity index (χ2n) is 8.77. The van der Waals surface area contributed by atoms with Crippen LogP contribution >= 0.6 is 22.9 Å². The minimum absolute atomic E-state index is 0.0374. The topological polar surface area (TPSA) is 78.3 Å². The van der Waals surface area contributed by atoms with Gasteiger partial charge in [0.05, 0.1) is 16.1 Å². The molecule has 0 amide bonds. The molecule has 1 aliphatic rings. The molecule has 0 aliphatic carbocycles. The third-order valence-electron chi connectivity index (χ3n) is 6.33. The summed E-state index contributed by atoms with van der Waals surface area (Å²) in [5.74, 6) is -1.58. The maximum Gasteiger partial charge on any atom is 0.310 e. The first-order valence-electron chi connectivity index (χ1n) is 10.9. The van der Waals surface area contributed by atoms with Gasteiger partial charge in [0.1, 0.15) is 17.5 Å². The number of piperidine rings is 1. The molecule has 1 aromatic carbocycles. The standard InChI is InChI=1S/C24H25ClF2N4O2S/c1-14-10-24(22(32)33,8-9-31(14)13-16-4-3-5-17(25)21(16)27)11-19-18(26)6-7-20(29-19)30-23-28-12-15(2)34-23/h3-7,12,14H,8-11,13H2,1-2H3,(H,32,33)(H,28,29,30). The van der Waals surface area contributed by atoms with E-state index in [9.17, 15) is 18.7 Å². The monoisotopic (exact) mass is 506 g/mol. The van der Waals surface area contributed by atoms with E-state index in [-0.39, 0.29) is 29.6 Å². The number of thiazole rings is 1. The molecule has 3 aromatic rings. The Balaban J connectivity index is 1.52. The smallest absolute Gasteiger partial charge is 0.310 e. The number of rotatable bonds is 7. The van der Waals surface area contributed by atoms with Crippen molar-refractivity contribution >= 4 is 39.9 Å². The number of aliphatic carboxylic acids is 1. The Morgan fingerprint density at radius 1 is 1.35 bits per heavy atom. The maximum absolute atomic E-state index is 14.7. The third-order valence-corrected chi connectivity index (χ3v) is 7.45. The van der Waals surface area contributed by atoms with E-state index in [1.807, 2.05) is 18.7 Å². The number of carboxylic acid groups (broad SMARTS) is 1. The molecule has 3 heterocycles. The predicted molar refractivity (Wildman–Crippen MR) is 129 cm³/mol. The average Bonchev–Trinajstić information content (AvgIpc) is 3.20. The first-order chi connectivity index (χ1) is 16.2. The van der Waals surface area contributed by atoms with Crippen molar-refractivity contribution in [2.24, 2.45) is 5.41 Å². The van der Waals surface area contributed by atoms with E-state index in [0.717, 1.165) is 4.88 Å². The summed E-state index contributed by atoms with van der Waals surface area (Å²) >= 11 is 7.35. The van der Waals surface area contributed by atoms with Crippen molar-refractivity contribution in [1.82, 2.24) is 14.9 Å². The zero-order valence-corrected chi connectivity index (χ0v) is 20.4. The molecule has 2 unspecified atom stereocenters. The molecule has 0 saturated carbocycles. The number of hydrogen-bond acceptors (Lipinski definition) is 6. The zero-order chi connectivity index (χ0) is 24.5. The summed E-state index contributed by atoms with van der Waals surface area (Å²) in [4.78, 5) is 24.1. The van der Waals surface area contributed by atoms with E-state index in [2.05, 4.69) is 15.3 Å².